The normalized spacial score (nSPS) is 12.1. The van der Waals surface area contributed by atoms with Gasteiger partial charge in [-0.25, -0.2) is 0 Å². The molecular formula is C15H23ClN2O2. The summed E-state index contributed by atoms with van der Waals surface area (Å²) >= 11 is 6.07. The number of hydrogen-bond acceptors (Lipinski definition) is 3. The van der Waals surface area contributed by atoms with Gasteiger partial charge < -0.3 is 15.0 Å². The van der Waals surface area contributed by atoms with Crippen molar-refractivity contribution in [1.82, 2.24) is 10.2 Å². The summed E-state index contributed by atoms with van der Waals surface area (Å²) in [6.07, 6.45) is 0. The van der Waals surface area contributed by atoms with Gasteiger partial charge in [-0.3, -0.25) is 4.79 Å². The number of nitrogens with one attached hydrogen (secondary N) is 1. The molecule has 20 heavy (non-hydrogen) atoms. The number of methoxy groups -OCH3 is 1. The van der Waals surface area contributed by atoms with Crippen LogP contribution < -0.4 is 10.1 Å². The van der Waals surface area contributed by atoms with Crippen LogP contribution in [0.5, 0.6) is 5.75 Å². The molecule has 0 saturated heterocycles. The van der Waals surface area contributed by atoms with Crippen LogP contribution in [0.3, 0.4) is 0 Å². The highest BCUT2D eigenvalue weighted by atomic mass is 35.5. The zero-order valence-corrected chi connectivity index (χ0v) is 13.3. The number of nitrogens with zero attached hydrogens (tertiary/aromatic N) is 1. The fourth-order valence-electron chi connectivity index (χ4n) is 1.99. The zero-order valence-electron chi connectivity index (χ0n) is 12.6. The lowest BCUT2D eigenvalue weighted by Gasteiger charge is -2.23. The van der Waals surface area contributed by atoms with Gasteiger partial charge in [-0.15, -0.1) is 0 Å². The second-order valence-electron chi connectivity index (χ2n) is 4.58. The van der Waals surface area contributed by atoms with Crippen LogP contribution in [0.2, 0.25) is 5.02 Å². The number of halogens is 1. The molecule has 0 radical (unpaired) electrons. The van der Waals surface area contributed by atoms with Crippen molar-refractivity contribution in [2.45, 2.75) is 33.4 Å². The van der Waals surface area contributed by atoms with E-state index in [9.17, 15) is 4.79 Å². The molecular weight excluding hydrogens is 276 g/mol. The number of benzene rings is 1. The largest absolute Gasteiger partial charge is 0.495 e. The van der Waals surface area contributed by atoms with Crippen molar-refractivity contribution in [3.8, 4) is 5.75 Å². The van der Waals surface area contributed by atoms with Crippen LogP contribution in [0.4, 0.5) is 0 Å². The quantitative estimate of drug-likeness (QED) is 0.841. The van der Waals surface area contributed by atoms with Crippen LogP contribution in [0.25, 0.3) is 0 Å². The van der Waals surface area contributed by atoms with Crippen molar-refractivity contribution in [2.75, 3.05) is 20.2 Å². The Kier molecular flexibility index (Phi) is 6.82. The highest BCUT2D eigenvalue weighted by molar-refractivity contribution is 6.32. The van der Waals surface area contributed by atoms with Crippen LogP contribution in [0.15, 0.2) is 18.2 Å². The number of likely N-dealkylation sites (N-methyl/N-ethyl adjacent to an activating group) is 1. The fraction of sp³-hybridized carbons (Fsp3) is 0.533. The van der Waals surface area contributed by atoms with Crippen LogP contribution >= 0.6 is 11.6 Å². The Labute approximate surface area is 126 Å². The summed E-state index contributed by atoms with van der Waals surface area (Å²) in [4.78, 5) is 13.9. The van der Waals surface area contributed by atoms with Gasteiger partial charge in [0.25, 0.3) is 0 Å². The highest BCUT2D eigenvalue weighted by Gasteiger charge is 2.17. The molecule has 1 amide bonds. The second kappa shape index (κ2) is 8.12. The van der Waals surface area contributed by atoms with Gasteiger partial charge in [-0.2, -0.15) is 0 Å². The monoisotopic (exact) mass is 298 g/mol. The number of hydrogen-bond donors (Lipinski definition) is 1. The van der Waals surface area contributed by atoms with E-state index >= 15 is 0 Å². The molecule has 1 unspecified atom stereocenters. The molecule has 0 fully saturated rings. The third kappa shape index (κ3) is 4.39. The Bertz CT molecular complexity index is 447. The first-order valence-corrected chi connectivity index (χ1v) is 7.25. The Morgan fingerprint density at radius 3 is 2.55 bits per heavy atom. The van der Waals surface area contributed by atoms with Crippen molar-refractivity contribution in [1.29, 1.82) is 0 Å². The number of carbonyl (C=O) groups is 1. The molecule has 1 aromatic carbocycles. The summed E-state index contributed by atoms with van der Waals surface area (Å²) in [7, 11) is 1.59. The van der Waals surface area contributed by atoms with Crippen molar-refractivity contribution < 1.29 is 9.53 Å². The molecule has 0 aliphatic carbocycles. The maximum Gasteiger partial charge on any atom is 0.239 e. The van der Waals surface area contributed by atoms with Crippen LogP contribution in [-0.4, -0.2) is 37.0 Å². The standard InChI is InChI=1S/C15H23ClN2O2/c1-5-18(6-2)15(19)11(3)17-10-12-7-8-14(20-4)13(16)9-12/h7-9,11,17H,5-6,10H2,1-4H3. The smallest absolute Gasteiger partial charge is 0.239 e. The zero-order chi connectivity index (χ0) is 15.1. The van der Waals surface area contributed by atoms with Crippen LogP contribution in [-0.2, 0) is 11.3 Å². The molecule has 5 heteroatoms. The van der Waals surface area contributed by atoms with Gasteiger partial charge in [0.05, 0.1) is 18.2 Å². The molecule has 0 aromatic heterocycles. The topological polar surface area (TPSA) is 41.6 Å². The summed E-state index contributed by atoms with van der Waals surface area (Å²) in [5.74, 6) is 0.775. The van der Waals surface area contributed by atoms with E-state index in [1.165, 1.54) is 0 Å². The van der Waals surface area contributed by atoms with Crippen molar-refractivity contribution in [3.63, 3.8) is 0 Å². The third-order valence-corrected chi connectivity index (χ3v) is 3.57. The van der Waals surface area contributed by atoms with E-state index in [4.69, 9.17) is 16.3 Å². The molecule has 1 N–H and O–H groups in total. The highest BCUT2D eigenvalue weighted by Crippen LogP contribution is 2.24. The third-order valence-electron chi connectivity index (χ3n) is 3.27. The number of ether oxygens (including phenoxy) is 1. The van der Waals surface area contributed by atoms with E-state index in [0.29, 0.717) is 17.3 Å². The minimum atomic E-state index is -0.212. The lowest BCUT2D eigenvalue weighted by molar-refractivity contribution is -0.132. The maximum atomic E-state index is 12.1. The molecule has 0 spiro atoms. The minimum absolute atomic E-state index is 0.120. The summed E-state index contributed by atoms with van der Waals surface area (Å²) in [6.45, 7) is 7.91. The Morgan fingerprint density at radius 1 is 1.40 bits per heavy atom. The molecule has 0 bridgehead atoms. The first-order chi connectivity index (χ1) is 9.53. The fourth-order valence-corrected chi connectivity index (χ4v) is 2.27. The molecule has 0 aliphatic rings. The lowest BCUT2D eigenvalue weighted by atomic mass is 10.2. The van der Waals surface area contributed by atoms with E-state index in [2.05, 4.69) is 5.32 Å². The first-order valence-electron chi connectivity index (χ1n) is 6.88. The molecule has 1 rings (SSSR count). The number of rotatable bonds is 7. The maximum absolute atomic E-state index is 12.1. The van der Waals surface area contributed by atoms with E-state index in [1.54, 1.807) is 7.11 Å². The molecule has 4 nitrogen and oxygen atoms in total. The molecule has 112 valence electrons. The van der Waals surface area contributed by atoms with Gasteiger partial charge in [0.2, 0.25) is 5.91 Å². The van der Waals surface area contributed by atoms with Crippen LogP contribution in [0, 0.1) is 0 Å². The first kappa shape index (κ1) is 16.8. The number of carbonyl (C=O) groups excluding carboxylic acids is 1. The summed E-state index contributed by atoms with van der Waals surface area (Å²) in [5.41, 5.74) is 1.02. The van der Waals surface area contributed by atoms with Gasteiger partial charge in [-0.05, 0) is 38.5 Å². The average molecular weight is 299 g/mol. The average Bonchev–Trinajstić information content (AvgIpc) is 2.46. The molecule has 1 atom stereocenters. The van der Waals surface area contributed by atoms with Crippen molar-refractivity contribution in [2.24, 2.45) is 0 Å². The SMILES string of the molecule is CCN(CC)C(=O)C(C)NCc1ccc(OC)c(Cl)c1. The van der Waals surface area contributed by atoms with E-state index in [1.807, 2.05) is 43.9 Å². The summed E-state index contributed by atoms with van der Waals surface area (Å²) < 4.78 is 5.11. The minimum Gasteiger partial charge on any atom is -0.495 e. The number of amides is 1. The van der Waals surface area contributed by atoms with E-state index < -0.39 is 0 Å². The van der Waals surface area contributed by atoms with Gasteiger partial charge >= 0.3 is 0 Å². The second-order valence-corrected chi connectivity index (χ2v) is 4.99. The van der Waals surface area contributed by atoms with E-state index in [0.717, 1.165) is 18.7 Å². The molecule has 1 aromatic rings. The Hall–Kier alpha value is -1.26. The van der Waals surface area contributed by atoms with E-state index in [-0.39, 0.29) is 11.9 Å². The Balaban J connectivity index is 2.58. The summed E-state index contributed by atoms with van der Waals surface area (Å²) in [6, 6.07) is 5.40. The molecule has 0 saturated carbocycles. The molecule has 0 heterocycles. The Morgan fingerprint density at radius 2 is 2.05 bits per heavy atom. The molecule has 0 aliphatic heterocycles. The predicted molar refractivity (Wildman–Crippen MR) is 82.2 cm³/mol. The van der Waals surface area contributed by atoms with Gasteiger partial charge in [0, 0.05) is 19.6 Å². The van der Waals surface area contributed by atoms with Gasteiger partial charge in [0.15, 0.2) is 0 Å². The predicted octanol–water partition coefficient (Wildman–Crippen LogP) is 2.70. The van der Waals surface area contributed by atoms with Crippen molar-refractivity contribution in [3.05, 3.63) is 28.8 Å². The van der Waals surface area contributed by atoms with Gasteiger partial charge in [0.1, 0.15) is 5.75 Å². The lowest BCUT2D eigenvalue weighted by Crippen LogP contribution is -2.44. The summed E-state index contributed by atoms with van der Waals surface area (Å²) in [5, 5.41) is 3.80. The van der Waals surface area contributed by atoms with Crippen molar-refractivity contribution >= 4 is 17.5 Å². The van der Waals surface area contributed by atoms with Crippen LogP contribution in [0.1, 0.15) is 26.3 Å². The van der Waals surface area contributed by atoms with Gasteiger partial charge in [-0.1, -0.05) is 17.7 Å².